The fourth-order valence-electron chi connectivity index (χ4n) is 5.44. The van der Waals surface area contributed by atoms with Crippen molar-refractivity contribution in [1.82, 2.24) is 9.80 Å². The molecule has 0 radical (unpaired) electrons. The van der Waals surface area contributed by atoms with E-state index in [4.69, 9.17) is 9.47 Å². The number of piperidine rings is 1. The van der Waals surface area contributed by atoms with Crippen LogP contribution in [-0.2, 0) is 32.1 Å². The van der Waals surface area contributed by atoms with Gasteiger partial charge in [0.05, 0.1) is 22.2 Å². The van der Waals surface area contributed by atoms with Crippen LogP contribution in [-0.4, -0.2) is 60.4 Å². The van der Waals surface area contributed by atoms with E-state index in [9.17, 15) is 14.4 Å². The SMILES string of the molecule is CC.CC1=C(N2CCC3(CCN(CCc4ccc5c(c4C)COC5=O)CC3)C2=O)COC1=O. The summed E-state index contributed by atoms with van der Waals surface area (Å²) in [5.74, 6) is -0.365. The van der Waals surface area contributed by atoms with Crippen LogP contribution in [0.15, 0.2) is 23.4 Å². The van der Waals surface area contributed by atoms with Crippen LogP contribution in [0.2, 0.25) is 0 Å². The number of carbonyl (C=O) groups is 3. The average Bonchev–Trinajstić information content (AvgIpc) is 3.47. The molecule has 2 saturated heterocycles. The first kappa shape index (κ1) is 23.5. The van der Waals surface area contributed by atoms with Crippen LogP contribution in [0.3, 0.4) is 0 Å². The van der Waals surface area contributed by atoms with Crippen LogP contribution in [0, 0.1) is 12.3 Å². The molecule has 1 aromatic rings. The third-order valence-electron chi connectivity index (χ3n) is 7.71. The summed E-state index contributed by atoms with van der Waals surface area (Å²) < 4.78 is 10.3. The van der Waals surface area contributed by atoms with E-state index in [0.29, 0.717) is 24.3 Å². The van der Waals surface area contributed by atoms with Crippen molar-refractivity contribution >= 4 is 17.8 Å². The van der Waals surface area contributed by atoms with E-state index in [1.807, 2.05) is 26.0 Å². The van der Waals surface area contributed by atoms with Gasteiger partial charge in [0.2, 0.25) is 5.91 Å². The minimum absolute atomic E-state index is 0.166. The number of amides is 1. The normalized spacial score (nSPS) is 21.8. The highest BCUT2D eigenvalue weighted by molar-refractivity contribution is 5.94. The molecule has 1 spiro atoms. The number of esters is 2. The molecule has 0 saturated carbocycles. The van der Waals surface area contributed by atoms with E-state index >= 15 is 0 Å². The van der Waals surface area contributed by atoms with Gasteiger partial charge in [-0.2, -0.15) is 0 Å². The van der Waals surface area contributed by atoms with Crippen molar-refractivity contribution in [2.45, 2.75) is 60.0 Å². The molecule has 7 nitrogen and oxygen atoms in total. The van der Waals surface area contributed by atoms with E-state index in [2.05, 4.69) is 11.8 Å². The van der Waals surface area contributed by atoms with Crippen molar-refractivity contribution in [2.24, 2.45) is 5.41 Å². The zero-order valence-electron chi connectivity index (χ0n) is 20.2. The lowest BCUT2D eigenvalue weighted by Gasteiger charge is -2.38. The number of carbonyl (C=O) groups excluding carboxylic acids is 3. The van der Waals surface area contributed by atoms with Crippen LogP contribution >= 0.6 is 0 Å². The van der Waals surface area contributed by atoms with Gasteiger partial charge in [-0.1, -0.05) is 19.9 Å². The third kappa shape index (κ3) is 4.07. The smallest absolute Gasteiger partial charge is 0.338 e. The van der Waals surface area contributed by atoms with Gasteiger partial charge < -0.3 is 19.3 Å². The Labute approximate surface area is 195 Å². The Balaban J connectivity index is 0.00000126. The minimum atomic E-state index is -0.309. The van der Waals surface area contributed by atoms with Crippen LogP contribution in [0.4, 0.5) is 0 Å². The summed E-state index contributed by atoms with van der Waals surface area (Å²) >= 11 is 0. The molecule has 2 fully saturated rings. The van der Waals surface area contributed by atoms with E-state index in [1.165, 1.54) is 5.56 Å². The third-order valence-corrected chi connectivity index (χ3v) is 7.71. The molecular formula is C26H34N2O5. The number of nitrogens with zero attached hydrogens (tertiary/aromatic N) is 2. The van der Waals surface area contributed by atoms with Gasteiger partial charge in [-0.15, -0.1) is 0 Å². The topological polar surface area (TPSA) is 76.2 Å². The van der Waals surface area contributed by atoms with E-state index < -0.39 is 0 Å². The molecule has 0 unspecified atom stereocenters. The molecule has 4 aliphatic heterocycles. The molecule has 0 aromatic heterocycles. The lowest BCUT2D eigenvalue weighted by molar-refractivity contribution is -0.138. The first-order valence-electron chi connectivity index (χ1n) is 12.1. The van der Waals surface area contributed by atoms with E-state index in [-0.39, 0.29) is 29.9 Å². The molecule has 1 amide bonds. The summed E-state index contributed by atoms with van der Waals surface area (Å²) in [5.41, 5.74) is 5.17. The van der Waals surface area contributed by atoms with Crippen LogP contribution in [0.25, 0.3) is 0 Å². The summed E-state index contributed by atoms with van der Waals surface area (Å²) in [4.78, 5) is 40.9. The number of hydrogen-bond acceptors (Lipinski definition) is 6. The Hall–Kier alpha value is -2.67. The monoisotopic (exact) mass is 454 g/mol. The molecule has 4 heterocycles. The van der Waals surface area contributed by atoms with Gasteiger partial charge in [0.25, 0.3) is 0 Å². The van der Waals surface area contributed by atoms with Gasteiger partial charge in [0, 0.05) is 18.7 Å². The largest absolute Gasteiger partial charge is 0.457 e. The summed E-state index contributed by atoms with van der Waals surface area (Å²) in [5, 5.41) is 0. The van der Waals surface area contributed by atoms with Gasteiger partial charge in [-0.05, 0) is 69.8 Å². The second-order valence-electron chi connectivity index (χ2n) is 9.18. The molecule has 0 bridgehead atoms. The van der Waals surface area contributed by atoms with Gasteiger partial charge in [-0.3, -0.25) is 4.79 Å². The number of ether oxygens (including phenoxy) is 2. The zero-order chi connectivity index (χ0) is 23.8. The molecule has 0 N–H and O–H groups in total. The van der Waals surface area contributed by atoms with Crippen LogP contribution in [0.1, 0.15) is 67.1 Å². The van der Waals surface area contributed by atoms with Crippen molar-refractivity contribution in [3.05, 3.63) is 45.7 Å². The van der Waals surface area contributed by atoms with E-state index in [1.54, 1.807) is 11.8 Å². The summed E-state index contributed by atoms with van der Waals surface area (Å²) in [7, 11) is 0. The maximum absolute atomic E-state index is 13.3. The molecule has 178 valence electrons. The van der Waals surface area contributed by atoms with Crippen LogP contribution < -0.4 is 0 Å². The Bertz CT molecular complexity index is 1000. The molecule has 0 aliphatic carbocycles. The second kappa shape index (κ2) is 9.29. The van der Waals surface area contributed by atoms with Crippen molar-refractivity contribution in [3.63, 3.8) is 0 Å². The summed E-state index contributed by atoms with van der Waals surface area (Å²) in [6.45, 7) is 11.8. The van der Waals surface area contributed by atoms with Crippen molar-refractivity contribution in [1.29, 1.82) is 0 Å². The van der Waals surface area contributed by atoms with Crippen molar-refractivity contribution in [2.75, 3.05) is 32.8 Å². The maximum atomic E-state index is 13.3. The number of likely N-dealkylation sites (tertiary alicyclic amines) is 2. The molecule has 1 aromatic carbocycles. The molecule has 4 aliphatic rings. The highest BCUT2D eigenvalue weighted by Crippen LogP contribution is 2.43. The molecule has 5 rings (SSSR count). The fourth-order valence-corrected chi connectivity index (χ4v) is 5.44. The lowest BCUT2D eigenvalue weighted by atomic mass is 9.77. The number of fused-ring (bicyclic) bond motifs is 1. The summed E-state index contributed by atoms with van der Waals surface area (Å²) in [6.07, 6.45) is 3.48. The van der Waals surface area contributed by atoms with Gasteiger partial charge in [-0.25, -0.2) is 9.59 Å². The fraction of sp³-hybridized carbons (Fsp3) is 0.577. The predicted molar refractivity (Wildman–Crippen MR) is 123 cm³/mol. The Morgan fingerprint density at radius 1 is 0.909 bits per heavy atom. The standard InChI is InChI=1S/C24H28N2O5.C2H6/c1-15-17(3-4-18-19(15)13-30-22(18)28)5-9-25-10-6-24(7-11-25)8-12-26(23(24)29)20-14-31-21(27)16(20)2;1-2/h3-4H,5-14H2,1-2H3;1-2H3. The first-order chi connectivity index (χ1) is 15.9. The van der Waals surface area contributed by atoms with Crippen molar-refractivity contribution in [3.8, 4) is 0 Å². The molecular weight excluding hydrogens is 420 g/mol. The highest BCUT2D eigenvalue weighted by atomic mass is 16.5. The first-order valence-corrected chi connectivity index (χ1v) is 12.1. The Morgan fingerprint density at radius 3 is 2.24 bits per heavy atom. The highest BCUT2D eigenvalue weighted by Gasteiger charge is 2.49. The van der Waals surface area contributed by atoms with Gasteiger partial charge in [0.1, 0.15) is 13.2 Å². The Kier molecular flexibility index (Phi) is 6.61. The van der Waals surface area contributed by atoms with Crippen LogP contribution in [0.5, 0.6) is 0 Å². The lowest BCUT2D eigenvalue weighted by Crippen LogP contribution is -2.45. The molecule has 0 atom stereocenters. The summed E-state index contributed by atoms with van der Waals surface area (Å²) in [6, 6.07) is 3.93. The van der Waals surface area contributed by atoms with Gasteiger partial charge in [0.15, 0.2) is 0 Å². The molecule has 33 heavy (non-hydrogen) atoms. The van der Waals surface area contributed by atoms with E-state index in [0.717, 1.165) is 62.1 Å². The quantitative estimate of drug-likeness (QED) is 0.650. The number of hydrogen-bond donors (Lipinski definition) is 0. The van der Waals surface area contributed by atoms with Gasteiger partial charge >= 0.3 is 11.9 Å². The van der Waals surface area contributed by atoms with Crippen molar-refractivity contribution < 1.29 is 23.9 Å². The predicted octanol–water partition coefficient (Wildman–Crippen LogP) is 3.38. The minimum Gasteiger partial charge on any atom is -0.457 e. The number of benzene rings is 1. The second-order valence-corrected chi connectivity index (χ2v) is 9.18. The Morgan fingerprint density at radius 2 is 1.58 bits per heavy atom. The molecule has 7 heteroatoms. The maximum Gasteiger partial charge on any atom is 0.338 e. The zero-order valence-corrected chi connectivity index (χ0v) is 20.2. The number of cyclic esters (lactones) is 2. The average molecular weight is 455 g/mol. The number of rotatable bonds is 4.